The van der Waals surface area contributed by atoms with Gasteiger partial charge in [0.05, 0.1) is 12.0 Å². The predicted molar refractivity (Wildman–Crippen MR) is 105 cm³/mol. The molecule has 7 heteroatoms. The second-order valence-electron chi connectivity index (χ2n) is 7.62. The number of methoxy groups -OCH3 is 1. The molecule has 5 nitrogen and oxygen atoms in total. The first kappa shape index (κ1) is 19.4. The summed E-state index contributed by atoms with van der Waals surface area (Å²) in [5.74, 6) is -0.131. The molecule has 0 bridgehead atoms. The van der Waals surface area contributed by atoms with E-state index >= 15 is 0 Å². The summed E-state index contributed by atoms with van der Waals surface area (Å²) in [6.07, 6.45) is 2.79. The molecule has 28 heavy (non-hydrogen) atoms. The van der Waals surface area contributed by atoms with Crippen LogP contribution in [0.3, 0.4) is 0 Å². The van der Waals surface area contributed by atoms with Crippen LogP contribution >= 0.6 is 0 Å². The van der Waals surface area contributed by atoms with Gasteiger partial charge in [0, 0.05) is 25.2 Å². The van der Waals surface area contributed by atoms with E-state index in [2.05, 4.69) is 4.90 Å². The zero-order chi connectivity index (χ0) is 19.8. The van der Waals surface area contributed by atoms with Gasteiger partial charge in [-0.15, -0.1) is 0 Å². The number of nitrogens with zero attached hydrogens (tertiary/aromatic N) is 2. The molecule has 4 rings (SSSR count). The molecule has 0 amide bonds. The minimum Gasteiger partial charge on any atom is -0.494 e. The summed E-state index contributed by atoms with van der Waals surface area (Å²) >= 11 is 0. The number of likely N-dealkylation sites (tertiary alicyclic amines) is 1. The Kier molecular flexibility index (Phi) is 5.16. The fourth-order valence-electron chi connectivity index (χ4n) is 4.50. The van der Waals surface area contributed by atoms with Crippen molar-refractivity contribution >= 4 is 10.0 Å². The maximum atomic E-state index is 14.1. The van der Waals surface area contributed by atoms with E-state index in [1.807, 2.05) is 12.1 Å². The molecule has 0 aromatic heterocycles. The van der Waals surface area contributed by atoms with Gasteiger partial charge in [0.15, 0.2) is 11.6 Å². The van der Waals surface area contributed by atoms with Crippen molar-refractivity contribution in [3.8, 4) is 5.75 Å². The molecule has 0 N–H and O–H groups in total. The average molecular weight is 405 g/mol. The van der Waals surface area contributed by atoms with E-state index in [1.165, 1.54) is 13.2 Å². The minimum absolute atomic E-state index is 0.168. The monoisotopic (exact) mass is 404 g/mol. The Labute approximate surface area is 165 Å². The van der Waals surface area contributed by atoms with Crippen molar-refractivity contribution in [3.05, 3.63) is 59.9 Å². The summed E-state index contributed by atoms with van der Waals surface area (Å²) < 4.78 is 46.7. The Bertz CT molecular complexity index is 951. The van der Waals surface area contributed by atoms with E-state index in [4.69, 9.17) is 4.74 Å². The van der Waals surface area contributed by atoms with Crippen LogP contribution in [0.2, 0.25) is 0 Å². The van der Waals surface area contributed by atoms with Crippen molar-refractivity contribution < 1.29 is 17.5 Å². The van der Waals surface area contributed by atoms with Crippen LogP contribution in [0.15, 0.2) is 53.4 Å². The van der Waals surface area contributed by atoms with Crippen LogP contribution in [-0.2, 0) is 16.6 Å². The van der Waals surface area contributed by atoms with Gasteiger partial charge in [0.2, 0.25) is 10.0 Å². The fraction of sp³-hybridized carbons (Fsp3) is 0.429. The number of rotatable bonds is 5. The van der Waals surface area contributed by atoms with E-state index in [0.717, 1.165) is 31.4 Å². The van der Waals surface area contributed by atoms with Crippen LogP contribution in [0, 0.1) is 5.82 Å². The van der Waals surface area contributed by atoms with E-state index in [9.17, 15) is 12.8 Å². The zero-order valence-electron chi connectivity index (χ0n) is 16.0. The Morgan fingerprint density at radius 2 is 1.89 bits per heavy atom. The van der Waals surface area contributed by atoms with Crippen molar-refractivity contribution in [2.75, 3.05) is 26.7 Å². The van der Waals surface area contributed by atoms with Crippen LogP contribution in [0.5, 0.6) is 5.75 Å². The summed E-state index contributed by atoms with van der Waals surface area (Å²) in [5.41, 5.74) is 0.710. The molecular weight excluding hydrogens is 379 g/mol. The quantitative estimate of drug-likeness (QED) is 0.768. The summed E-state index contributed by atoms with van der Waals surface area (Å²) in [6, 6.07) is 13.6. The summed E-state index contributed by atoms with van der Waals surface area (Å²) in [4.78, 5) is 2.67. The Hall–Kier alpha value is -1.96. The number of hydrogen-bond acceptors (Lipinski definition) is 4. The van der Waals surface area contributed by atoms with Gasteiger partial charge in [-0.25, -0.2) is 12.8 Å². The van der Waals surface area contributed by atoms with Gasteiger partial charge < -0.3 is 4.74 Å². The van der Waals surface area contributed by atoms with Gasteiger partial charge in [-0.3, -0.25) is 4.90 Å². The third kappa shape index (κ3) is 3.43. The zero-order valence-corrected chi connectivity index (χ0v) is 16.8. The predicted octanol–water partition coefficient (Wildman–Crippen LogP) is 3.26. The third-order valence-electron chi connectivity index (χ3n) is 6.01. The SMILES string of the molecule is COc1ccc(CN2CCCC23CCN(S(=O)(=O)c2ccccc2)C3)cc1F. The maximum absolute atomic E-state index is 14.1. The van der Waals surface area contributed by atoms with Gasteiger partial charge in [0.25, 0.3) is 0 Å². The maximum Gasteiger partial charge on any atom is 0.243 e. The molecule has 2 aromatic rings. The molecule has 2 aliphatic rings. The number of benzene rings is 2. The lowest BCUT2D eigenvalue weighted by Crippen LogP contribution is -2.46. The van der Waals surface area contributed by atoms with E-state index in [-0.39, 0.29) is 17.1 Å². The number of hydrogen-bond donors (Lipinski definition) is 0. The minimum atomic E-state index is -3.48. The van der Waals surface area contributed by atoms with Gasteiger partial charge in [0.1, 0.15) is 0 Å². The van der Waals surface area contributed by atoms with Crippen molar-refractivity contribution in [1.82, 2.24) is 9.21 Å². The Balaban J connectivity index is 1.53. The average Bonchev–Trinajstić information content (AvgIpc) is 3.31. The topological polar surface area (TPSA) is 49.9 Å². The summed E-state index contributed by atoms with van der Waals surface area (Å²) in [7, 11) is -2.03. The molecule has 150 valence electrons. The number of halogens is 1. The summed E-state index contributed by atoms with van der Waals surface area (Å²) in [6.45, 7) is 2.51. The molecule has 2 aromatic carbocycles. The van der Waals surface area contributed by atoms with E-state index in [1.54, 1.807) is 34.6 Å². The largest absolute Gasteiger partial charge is 0.494 e. The third-order valence-corrected chi connectivity index (χ3v) is 7.87. The highest BCUT2D eigenvalue weighted by Crippen LogP contribution is 2.40. The van der Waals surface area contributed by atoms with E-state index < -0.39 is 10.0 Å². The molecule has 0 saturated carbocycles. The lowest BCUT2D eigenvalue weighted by Gasteiger charge is -2.35. The molecule has 1 spiro atoms. The standard InChI is InChI=1S/C21H25FN2O3S/c1-27-20-9-8-17(14-19(20)22)15-23-12-5-10-21(23)11-13-24(16-21)28(25,26)18-6-3-2-4-7-18/h2-4,6-9,14H,5,10-13,15-16H2,1H3. The molecule has 0 aliphatic carbocycles. The van der Waals surface area contributed by atoms with Crippen molar-refractivity contribution in [2.24, 2.45) is 0 Å². The molecule has 1 unspecified atom stereocenters. The van der Waals surface area contributed by atoms with Crippen LogP contribution < -0.4 is 4.74 Å². The highest BCUT2D eigenvalue weighted by atomic mass is 32.2. The number of ether oxygens (including phenoxy) is 1. The molecule has 2 fully saturated rings. The first-order valence-corrected chi connectivity index (χ1v) is 11.0. The van der Waals surface area contributed by atoms with Crippen molar-refractivity contribution in [1.29, 1.82) is 0 Å². The second-order valence-corrected chi connectivity index (χ2v) is 9.56. The smallest absolute Gasteiger partial charge is 0.243 e. The van der Waals surface area contributed by atoms with Crippen LogP contribution in [0.4, 0.5) is 4.39 Å². The molecule has 2 saturated heterocycles. The highest BCUT2D eigenvalue weighted by molar-refractivity contribution is 7.89. The number of sulfonamides is 1. The van der Waals surface area contributed by atoms with Crippen molar-refractivity contribution in [3.63, 3.8) is 0 Å². The molecular formula is C21H25FN2O3S. The van der Waals surface area contributed by atoms with Crippen LogP contribution in [0.1, 0.15) is 24.8 Å². The molecule has 1 atom stereocenters. The normalized spacial score (nSPS) is 23.5. The lowest BCUT2D eigenvalue weighted by molar-refractivity contribution is 0.141. The highest BCUT2D eigenvalue weighted by Gasteiger charge is 2.48. The molecule has 2 aliphatic heterocycles. The Morgan fingerprint density at radius 1 is 1.11 bits per heavy atom. The first-order chi connectivity index (χ1) is 13.4. The molecule has 2 heterocycles. The second kappa shape index (κ2) is 7.46. The van der Waals surface area contributed by atoms with Gasteiger partial charge in [-0.1, -0.05) is 24.3 Å². The Morgan fingerprint density at radius 3 is 2.61 bits per heavy atom. The van der Waals surface area contributed by atoms with Crippen LogP contribution in [-0.4, -0.2) is 49.9 Å². The summed E-state index contributed by atoms with van der Waals surface area (Å²) in [5, 5.41) is 0. The fourth-order valence-corrected chi connectivity index (χ4v) is 6.04. The van der Waals surface area contributed by atoms with Gasteiger partial charge in [-0.2, -0.15) is 4.31 Å². The van der Waals surface area contributed by atoms with Crippen LogP contribution in [0.25, 0.3) is 0 Å². The van der Waals surface area contributed by atoms with Gasteiger partial charge in [-0.05, 0) is 55.6 Å². The first-order valence-electron chi connectivity index (χ1n) is 9.57. The van der Waals surface area contributed by atoms with E-state index in [0.29, 0.717) is 24.5 Å². The lowest BCUT2D eigenvalue weighted by atomic mass is 9.95. The molecule has 0 radical (unpaired) electrons. The van der Waals surface area contributed by atoms with Gasteiger partial charge >= 0.3 is 0 Å². The van der Waals surface area contributed by atoms with Crippen molar-refractivity contribution in [2.45, 2.75) is 36.2 Å².